The quantitative estimate of drug-likeness (QED) is 0.783. The van der Waals surface area contributed by atoms with Gasteiger partial charge in [0, 0.05) is 11.8 Å². The number of allylic oxidation sites excluding steroid dienone is 1. The van der Waals surface area contributed by atoms with Crippen molar-refractivity contribution in [2.24, 2.45) is 0 Å². The first-order valence-corrected chi connectivity index (χ1v) is 9.59. The molecule has 3 rings (SSSR count). The van der Waals surface area contributed by atoms with Crippen LogP contribution in [0, 0.1) is 18.3 Å². The molecular formula is C16H15ClN4O2S. The number of hydrogen-bond acceptors (Lipinski definition) is 5. The summed E-state index contributed by atoms with van der Waals surface area (Å²) < 4.78 is 24.9. The van der Waals surface area contributed by atoms with Crippen molar-refractivity contribution in [1.29, 1.82) is 5.26 Å². The summed E-state index contributed by atoms with van der Waals surface area (Å²) in [6.07, 6.45) is 3.76. The Hall–Kier alpha value is -2.17. The summed E-state index contributed by atoms with van der Waals surface area (Å²) in [5.74, 6) is 0.192. The summed E-state index contributed by atoms with van der Waals surface area (Å²) >= 11 is 6.42. The molecule has 0 spiro atoms. The van der Waals surface area contributed by atoms with Gasteiger partial charge in [0.15, 0.2) is 9.84 Å². The van der Waals surface area contributed by atoms with Gasteiger partial charge in [-0.1, -0.05) is 17.7 Å². The molecule has 1 aliphatic heterocycles. The van der Waals surface area contributed by atoms with Crippen LogP contribution in [-0.2, 0) is 9.84 Å². The van der Waals surface area contributed by atoms with Crippen molar-refractivity contribution in [2.75, 3.05) is 11.5 Å². The zero-order valence-corrected chi connectivity index (χ0v) is 14.5. The molecule has 1 saturated heterocycles. The van der Waals surface area contributed by atoms with Gasteiger partial charge in [-0.3, -0.25) is 4.98 Å². The molecule has 3 heterocycles. The van der Waals surface area contributed by atoms with Crippen LogP contribution < -0.4 is 0 Å². The lowest BCUT2D eigenvalue weighted by Crippen LogP contribution is -2.12. The van der Waals surface area contributed by atoms with E-state index in [4.69, 9.17) is 11.6 Å². The Kier molecular flexibility index (Phi) is 4.43. The Morgan fingerprint density at radius 3 is 2.88 bits per heavy atom. The maximum Gasteiger partial charge on any atom is 0.152 e. The third-order valence-electron chi connectivity index (χ3n) is 3.98. The van der Waals surface area contributed by atoms with E-state index in [9.17, 15) is 13.7 Å². The second-order valence-electron chi connectivity index (χ2n) is 5.68. The van der Waals surface area contributed by atoms with Crippen molar-refractivity contribution in [3.05, 3.63) is 46.5 Å². The van der Waals surface area contributed by atoms with Crippen molar-refractivity contribution in [2.45, 2.75) is 19.4 Å². The number of aryl methyl sites for hydroxylation is 1. The fourth-order valence-electron chi connectivity index (χ4n) is 2.74. The van der Waals surface area contributed by atoms with Crippen LogP contribution >= 0.6 is 11.6 Å². The molecule has 6 nitrogen and oxygen atoms in total. The van der Waals surface area contributed by atoms with Crippen LogP contribution in [0.1, 0.15) is 29.4 Å². The predicted octanol–water partition coefficient (Wildman–Crippen LogP) is 2.66. The topological polar surface area (TPSA) is 88.6 Å². The Labute approximate surface area is 145 Å². The number of hydrogen-bond donors (Lipinski definition) is 0. The number of nitriles is 1. The molecule has 0 aliphatic carbocycles. The maximum atomic E-state index is 11.7. The second kappa shape index (κ2) is 6.38. The number of pyridine rings is 1. The third-order valence-corrected chi connectivity index (χ3v) is 6.10. The van der Waals surface area contributed by atoms with Crippen LogP contribution in [-0.4, -0.2) is 34.7 Å². The van der Waals surface area contributed by atoms with E-state index in [1.54, 1.807) is 42.1 Å². The lowest BCUT2D eigenvalue weighted by atomic mass is 10.1. The fraction of sp³-hybridized carbons (Fsp3) is 0.312. The summed E-state index contributed by atoms with van der Waals surface area (Å²) in [6, 6.07) is 7.18. The van der Waals surface area contributed by atoms with Crippen molar-refractivity contribution in [3.8, 4) is 6.07 Å². The van der Waals surface area contributed by atoms with Crippen LogP contribution in [0.2, 0.25) is 5.15 Å². The molecule has 0 amide bonds. The minimum absolute atomic E-state index is 0.0440. The van der Waals surface area contributed by atoms with Gasteiger partial charge in [-0.05, 0) is 31.6 Å². The number of aromatic nitrogens is 3. The second-order valence-corrected chi connectivity index (χ2v) is 8.26. The SMILES string of the molecule is Cc1nn(C2CCS(=O)(=O)C2)c(Cl)c1C=C(C#N)c1ccccn1. The molecule has 0 N–H and O–H groups in total. The van der Waals surface area contributed by atoms with Gasteiger partial charge in [0.25, 0.3) is 0 Å². The van der Waals surface area contributed by atoms with Crippen LogP contribution in [0.5, 0.6) is 0 Å². The average Bonchev–Trinajstić information content (AvgIpc) is 3.06. The van der Waals surface area contributed by atoms with Crippen molar-refractivity contribution in [1.82, 2.24) is 14.8 Å². The number of halogens is 1. The Morgan fingerprint density at radius 1 is 1.50 bits per heavy atom. The minimum Gasteiger partial charge on any atom is -0.256 e. The highest BCUT2D eigenvalue weighted by atomic mass is 35.5. The van der Waals surface area contributed by atoms with Gasteiger partial charge in [-0.15, -0.1) is 0 Å². The highest BCUT2D eigenvalue weighted by Crippen LogP contribution is 2.31. The highest BCUT2D eigenvalue weighted by Gasteiger charge is 2.31. The summed E-state index contributed by atoms with van der Waals surface area (Å²) in [4.78, 5) is 4.17. The summed E-state index contributed by atoms with van der Waals surface area (Å²) in [5.41, 5.74) is 2.18. The van der Waals surface area contributed by atoms with E-state index >= 15 is 0 Å². The standard InChI is InChI=1S/C16H15ClN4O2S/c1-11-14(8-12(9-18)15-4-2-3-6-19-15)16(17)21(20-11)13-5-7-24(22,23)10-13/h2-4,6,8,13H,5,7,10H2,1H3. The van der Waals surface area contributed by atoms with E-state index in [2.05, 4.69) is 16.2 Å². The maximum absolute atomic E-state index is 11.7. The molecule has 24 heavy (non-hydrogen) atoms. The molecule has 1 aliphatic rings. The zero-order chi connectivity index (χ0) is 17.3. The molecule has 8 heteroatoms. The first kappa shape index (κ1) is 16.7. The summed E-state index contributed by atoms with van der Waals surface area (Å²) in [7, 11) is -3.03. The fourth-order valence-corrected chi connectivity index (χ4v) is 4.80. The van der Waals surface area contributed by atoms with E-state index in [1.165, 1.54) is 0 Å². The van der Waals surface area contributed by atoms with Gasteiger partial charge < -0.3 is 0 Å². The van der Waals surface area contributed by atoms with Gasteiger partial charge in [0.2, 0.25) is 0 Å². The molecule has 0 aromatic carbocycles. The van der Waals surface area contributed by atoms with Gasteiger partial charge in [-0.25, -0.2) is 13.1 Å². The Morgan fingerprint density at radius 2 is 2.29 bits per heavy atom. The van der Waals surface area contributed by atoms with Gasteiger partial charge >= 0.3 is 0 Å². The lowest BCUT2D eigenvalue weighted by Gasteiger charge is -2.09. The monoisotopic (exact) mass is 362 g/mol. The van der Waals surface area contributed by atoms with Crippen LogP contribution in [0.15, 0.2) is 24.4 Å². The summed E-state index contributed by atoms with van der Waals surface area (Å²) in [5, 5.41) is 14.1. The van der Waals surface area contributed by atoms with E-state index in [1.807, 2.05) is 0 Å². The third kappa shape index (κ3) is 3.21. The number of sulfone groups is 1. The predicted molar refractivity (Wildman–Crippen MR) is 92.0 cm³/mol. The molecule has 1 fully saturated rings. The van der Waals surface area contributed by atoms with Gasteiger partial charge in [-0.2, -0.15) is 10.4 Å². The van der Waals surface area contributed by atoms with E-state index in [-0.39, 0.29) is 17.5 Å². The molecule has 2 aromatic rings. The van der Waals surface area contributed by atoms with Gasteiger partial charge in [0.1, 0.15) is 11.2 Å². The van der Waals surface area contributed by atoms with Gasteiger partial charge in [0.05, 0.1) is 34.5 Å². The molecular weight excluding hydrogens is 348 g/mol. The van der Waals surface area contributed by atoms with E-state index in [0.717, 1.165) is 0 Å². The molecule has 0 radical (unpaired) electrons. The minimum atomic E-state index is -3.03. The normalized spacial score (nSPS) is 20.0. The smallest absolute Gasteiger partial charge is 0.152 e. The van der Waals surface area contributed by atoms with Crippen LogP contribution in [0.25, 0.3) is 11.6 Å². The lowest BCUT2D eigenvalue weighted by molar-refractivity contribution is 0.497. The van der Waals surface area contributed by atoms with Crippen LogP contribution in [0.3, 0.4) is 0 Å². The summed E-state index contributed by atoms with van der Waals surface area (Å²) in [6.45, 7) is 1.78. The van der Waals surface area contributed by atoms with Crippen molar-refractivity contribution in [3.63, 3.8) is 0 Å². The van der Waals surface area contributed by atoms with Crippen LogP contribution in [0.4, 0.5) is 0 Å². The molecule has 1 unspecified atom stereocenters. The molecule has 1 atom stereocenters. The largest absolute Gasteiger partial charge is 0.256 e. The number of rotatable bonds is 3. The average molecular weight is 363 g/mol. The van der Waals surface area contributed by atoms with E-state index in [0.29, 0.717) is 34.1 Å². The first-order valence-electron chi connectivity index (χ1n) is 7.39. The molecule has 0 saturated carbocycles. The van der Waals surface area contributed by atoms with Crippen molar-refractivity contribution < 1.29 is 8.42 Å². The van der Waals surface area contributed by atoms with Crippen molar-refractivity contribution >= 4 is 33.1 Å². The Balaban J connectivity index is 2.01. The first-order chi connectivity index (χ1) is 11.4. The Bertz CT molecular complexity index is 942. The zero-order valence-electron chi connectivity index (χ0n) is 13.0. The van der Waals surface area contributed by atoms with E-state index < -0.39 is 9.84 Å². The molecule has 0 bridgehead atoms. The molecule has 124 valence electrons. The number of nitrogens with zero attached hydrogens (tertiary/aromatic N) is 4. The highest BCUT2D eigenvalue weighted by molar-refractivity contribution is 7.91. The molecule has 2 aromatic heterocycles.